The van der Waals surface area contributed by atoms with Crippen LogP contribution in [-0.4, -0.2) is 37.4 Å². The summed E-state index contributed by atoms with van der Waals surface area (Å²) in [6.45, 7) is 1.65. The normalized spacial score (nSPS) is 17.4. The number of Topliss-reactive ketones (excluding diaryl/α,β-unsaturated/α-hetero) is 2. The third kappa shape index (κ3) is 2.90. The number of hydrogen-bond acceptors (Lipinski definition) is 4. The zero-order valence-electron chi connectivity index (χ0n) is 10.6. The highest BCUT2D eigenvalue weighted by atomic mass is 32.2. The van der Waals surface area contributed by atoms with Gasteiger partial charge in [0.05, 0.1) is 11.4 Å². The summed E-state index contributed by atoms with van der Waals surface area (Å²) in [6, 6.07) is 5.91. The Morgan fingerprint density at radius 1 is 1.32 bits per heavy atom. The highest BCUT2D eigenvalue weighted by Gasteiger charge is 2.29. The van der Waals surface area contributed by atoms with Gasteiger partial charge in [0.2, 0.25) is 10.0 Å². The van der Waals surface area contributed by atoms with E-state index in [0.29, 0.717) is 24.9 Å². The number of ketones is 2. The number of carbonyl (C=O) groups excluding carboxylic acids is 2. The van der Waals surface area contributed by atoms with Gasteiger partial charge in [0.15, 0.2) is 5.78 Å². The van der Waals surface area contributed by atoms with Crippen LogP contribution in [0.3, 0.4) is 0 Å². The van der Waals surface area contributed by atoms with Crippen molar-refractivity contribution in [1.82, 2.24) is 4.31 Å². The van der Waals surface area contributed by atoms with Crippen molar-refractivity contribution in [1.29, 1.82) is 0 Å². The fourth-order valence-corrected chi connectivity index (χ4v) is 3.55. The number of hydrogen-bond donors (Lipinski definition) is 0. The van der Waals surface area contributed by atoms with Crippen molar-refractivity contribution in [2.24, 2.45) is 0 Å². The Kier molecular flexibility index (Phi) is 3.82. The molecule has 102 valence electrons. The van der Waals surface area contributed by atoms with Crippen LogP contribution in [0.2, 0.25) is 0 Å². The van der Waals surface area contributed by atoms with Gasteiger partial charge in [-0.2, -0.15) is 4.31 Å². The summed E-state index contributed by atoms with van der Waals surface area (Å²) in [7, 11) is -3.69. The van der Waals surface area contributed by atoms with E-state index in [-0.39, 0.29) is 23.0 Å². The molecule has 0 saturated carbocycles. The van der Waals surface area contributed by atoms with Gasteiger partial charge in [-0.25, -0.2) is 8.42 Å². The van der Waals surface area contributed by atoms with Gasteiger partial charge in [-0.05, 0) is 25.5 Å². The lowest BCUT2D eigenvalue weighted by Gasteiger charge is -2.25. The molecule has 0 amide bonds. The molecule has 1 aromatic rings. The molecule has 0 bridgehead atoms. The van der Waals surface area contributed by atoms with Gasteiger partial charge in [-0.3, -0.25) is 9.59 Å². The molecule has 1 fully saturated rings. The van der Waals surface area contributed by atoms with Gasteiger partial charge in [-0.15, -0.1) is 0 Å². The topological polar surface area (TPSA) is 71.5 Å². The van der Waals surface area contributed by atoms with Crippen LogP contribution in [0.5, 0.6) is 0 Å². The van der Waals surface area contributed by atoms with Crippen molar-refractivity contribution in [2.45, 2.75) is 24.7 Å². The molecule has 0 aromatic heterocycles. The van der Waals surface area contributed by atoms with Crippen molar-refractivity contribution in [3.63, 3.8) is 0 Å². The van der Waals surface area contributed by atoms with Crippen molar-refractivity contribution >= 4 is 21.6 Å². The minimum Gasteiger partial charge on any atom is -0.298 e. The Balaban J connectivity index is 2.36. The molecule has 5 nitrogen and oxygen atoms in total. The van der Waals surface area contributed by atoms with Gasteiger partial charge in [-0.1, -0.05) is 12.1 Å². The number of sulfonamides is 1. The molecule has 6 heteroatoms. The van der Waals surface area contributed by atoms with Gasteiger partial charge in [0.1, 0.15) is 5.78 Å². The lowest BCUT2D eigenvalue weighted by molar-refractivity contribution is -0.120. The van der Waals surface area contributed by atoms with E-state index in [1.54, 1.807) is 6.07 Å². The van der Waals surface area contributed by atoms with Crippen LogP contribution < -0.4 is 0 Å². The largest absolute Gasteiger partial charge is 0.298 e. The average molecular weight is 281 g/mol. The van der Waals surface area contributed by atoms with Gasteiger partial charge in [0, 0.05) is 18.5 Å². The van der Waals surface area contributed by atoms with Gasteiger partial charge in [0.25, 0.3) is 0 Å². The summed E-state index contributed by atoms with van der Waals surface area (Å²) in [5.74, 6) is -0.260. The first kappa shape index (κ1) is 13.9. The Hall–Kier alpha value is -1.53. The first-order valence-electron chi connectivity index (χ1n) is 6.04. The molecule has 1 heterocycles. The molecule has 2 rings (SSSR count). The summed E-state index contributed by atoms with van der Waals surface area (Å²) in [4.78, 5) is 22.7. The van der Waals surface area contributed by atoms with Crippen molar-refractivity contribution in [3.8, 4) is 0 Å². The predicted molar refractivity (Wildman–Crippen MR) is 69.4 cm³/mol. The minimum absolute atomic E-state index is 0.0647. The summed E-state index contributed by atoms with van der Waals surface area (Å²) >= 11 is 0. The Morgan fingerprint density at radius 3 is 2.68 bits per heavy atom. The summed E-state index contributed by atoms with van der Waals surface area (Å²) in [5, 5.41) is 0. The van der Waals surface area contributed by atoms with E-state index in [2.05, 4.69) is 0 Å². The maximum atomic E-state index is 12.4. The quantitative estimate of drug-likeness (QED) is 0.782. The van der Waals surface area contributed by atoms with Crippen molar-refractivity contribution < 1.29 is 18.0 Å². The molecule has 0 spiro atoms. The second-order valence-electron chi connectivity index (χ2n) is 4.56. The molecule has 0 unspecified atom stereocenters. The Labute approximate surface area is 112 Å². The molecular weight excluding hydrogens is 266 g/mol. The monoisotopic (exact) mass is 281 g/mol. The van der Waals surface area contributed by atoms with Crippen LogP contribution in [0.15, 0.2) is 29.2 Å². The van der Waals surface area contributed by atoms with Gasteiger partial charge < -0.3 is 0 Å². The molecule has 0 aliphatic carbocycles. The first-order valence-corrected chi connectivity index (χ1v) is 7.48. The third-order valence-corrected chi connectivity index (χ3v) is 4.94. The first-order chi connectivity index (χ1) is 8.91. The van der Waals surface area contributed by atoms with E-state index in [4.69, 9.17) is 0 Å². The zero-order valence-corrected chi connectivity index (χ0v) is 11.4. The van der Waals surface area contributed by atoms with E-state index in [1.807, 2.05) is 0 Å². The minimum atomic E-state index is -3.69. The SMILES string of the molecule is CC(=O)c1cccc(S(=O)(=O)N2CCCC(=O)C2)c1. The second-order valence-corrected chi connectivity index (χ2v) is 6.50. The fourth-order valence-electron chi connectivity index (χ4n) is 2.04. The molecule has 0 radical (unpaired) electrons. The maximum Gasteiger partial charge on any atom is 0.243 e. The van der Waals surface area contributed by atoms with Crippen LogP contribution >= 0.6 is 0 Å². The van der Waals surface area contributed by atoms with E-state index in [1.165, 1.54) is 29.4 Å². The van der Waals surface area contributed by atoms with Crippen LogP contribution in [0.25, 0.3) is 0 Å². The summed E-state index contributed by atoms with van der Waals surface area (Å²) in [6.07, 6.45) is 0.976. The average Bonchev–Trinajstić information content (AvgIpc) is 2.39. The zero-order chi connectivity index (χ0) is 14.0. The molecule has 19 heavy (non-hydrogen) atoms. The number of piperidine rings is 1. The molecule has 0 N–H and O–H groups in total. The van der Waals surface area contributed by atoms with Crippen molar-refractivity contribution in [2.75, 3.05) is 13.1 Å². The second kappa shape index (κ2) is 5.22. The fraction of sp³-hybridized carbons (Fsp3) is 0.385. The standard InChI is InChI=1S/C13H15NO4S/c1-10(15)11-4-2-6-13(8-11)19(17,18)14-7-3-5-12(16)9-14/h2,4,6,8H,3,5,7,9H2,1H3. The maximum absolute atomic E-state index is 12.4. The van der Waals surface area contributed by atoms with Crippen LogP contribution in [-0.2, 0) is 14.8 Å². The molecule has 0 atom stereocenters. The molecule has 1 aliphatic heterocycles. The highest BCUT2D eigenvalue weighted by Crippen LogP contribution is 2.20. The molecule has 1 saturated heterocycles. The van der Waals surface area contributed by atoms with E-state index in [9.17, 15) is 18.0 Å². The Bertz CT molecular complexity index is 621. The summed E-state index contributed by atoms with van der Waals surface area (Å²) < 4.78 is 25.9. The lowest BCUT2D eigenvalue weighted by atomic mass is 10.1. The number of rotatable bonds is 3. The predicted octanol–water partition coefficient (Wildman–Crippen LogP) is 1.24. The highest BCUT2D eigenvalue weighted by molar-refractivity contribution is 7.89. The number of benzene rings is 1. The molecular formula is C13H15NO4S. The third-order valence-electron chi connectivity index (χ3n) is 3.09. The van der Waals surface area contributed by atoms with E-state index >= 15 is 0 Å². The smallest absolute Gasteiger partial charge is 0.243 e. The van der Waals surface area contributed by atoms with Crippen molar-refractivity contribution in [3.05, 3.63) is 29.8 Å². The lowest BCUT2D eigenvalue weighted by Crippen LogP contribution is -2.40. The molecule has 1 aliphatic rings. The number of carbonyl (C=O) groups is 2. The van der Waals surface area contributed by atoms with Crippen LogP contribution in [0, 0.1) is 0 Å². The van der Waals surface area contributed by atoms with Crippen LogP contribution in [0.4, 0.5) is 0 Å². The van der Waals surface area contributed by atoms with Gasteiger partial charge >= 0.3 is 0 Å². The number of nitrogens with zero attached hydrogens (tertiary/aromatic N) is 1. The Morgan fingerprint density at radius 2 is 2.05 bits per heavy atom. The van der Waals surface area contributed by atoms with Crippen LogP contribution in [0.1, 0.15) is 30.1 Å². The van der Waals surface area contributed by atoms with E-state index < -0.39 is 10.0 Å². The molecule has 1 aromatic carbocycles. The summed E-state index contributed by atoms with van der Waals surface area (Å²) in [5.41, 5.74) is 0.351. The van der Waals surface area contributed by atoms with E-state index in [0.717, 1.165) is 0 Å².